The number of carbonyl (C=O) groups is 2. The van der Waals surface area contributed by atoms with Crippen LogP contribution >= 0.6 is 11.8 Å². The Kier molecular flexibility index (Phi) is 6.07. The van der Waals surface area contributed by atoms with Crippen LogP contribution < -0.4 is 0 Å². The molecule has 2 fully saturated rings. The lowest BCUT2D eigenvalue weighted by Crippen LogP contribution is -2.38. The normalized spacial score (nSPS) is 30.6. The molecule has 0 radical (unpaired) electrons. The Labute approximate surface area is 135 Å². The van der Waals surface area contributed by atoms with Crippen LogP contribution in [0.2, 0.25) is 0 Å². The topological polar surface area (TPSA) is 87.4 Å². The van der Waals surface area contributed by atoms with E-state index in [0.717, 1.165) is 18.2 Å². The lowest BCUT2D eigenvalue weighted by atomic mass is 9.70. The highest BCUT2D eigenvalue weighted by Crippen LogP contribution is 2.66. The Bertz CT molecular complexity index is 497. The molecule has 6 heteroatoms. The van der Waals surface area contributed by atoms with Crippen molar-refractivity contribution in [2.45, 2.75) is 46.1 Å². The smallest absolute Gasteiger partial charge is 0.330 e. The van der Waals surface area contributed by atoms with Crippen molar-refractivity contribution < 1.29 is 19.4 Å². The monoisotopic (exact) mass is 325 g/mol. The molecule has 22 heavy (non-hydrogen) atoms. The van der Waals surface area contributed by atoms with Gasteiger partial charge in [-0.25, -0.2) is 4.79 Å². The zero-order chi connectivity index (χ0) is 17.0. The van der Waals surface area contributed by atoms with Gasteiger partial charge in [0.15, 0.2) is 0 Å². The summed E-state index contributed by atoms with van der Waals surface area (Å²) in [7, 11) is 0. The third kappa shape index (κ3) is 3.64. The fraction of sp³-hybridized carbons (Fsp3) is 0.688. The largest absolute Gasteiger partial charge is 0.481 e. The first-order valence-electron chi connectivity index (χ1n) is 7.24. The van der Waals surface area contributed by atoms with E-state index in [9.17, 15) is 9.59 Å². The average Bonchev–Trinajstić information content (AvgIpc) is 2.78. The van der Waals surface area contributed by atoms with E-state index in [0.29, 0.717) is 11.3 Å². The first-order chi connectivity index (χ1) is 10.2. The fourth-order valence-corrected chi connectivity index (χ4v) is 3.78. The quantitative estimate of drug-likeness (QED) is 0.485. The SMILES string of the molecule is C=CC(=O)OC1C[C@H]2CC[C@@]1(C)C2(C)C.N#CSCC(=O)O. The van der Waals surface area contributed by atoms with Gasteiger partial charge >= 0.3 is 11.9 Å². The number of thiocyanates is 1. The van der Waals surface area contributed by atoms with E-state index >= 15 is 0 Å². The van der Waals surface area contributed by atoms with Gasteiger partial charge in [0.2, 0.25) is 0 Å². The Balaban J connectivity index is 0.000000295. The highest BCUT2D eigenvalue weighted by molar-refractivity contribution is 8.04. The molecule has 0 aromatic heterocycles. The Morgan fingerprint density at radius 1 is 1.50 bits per heavy atom. The molecule has 1 unspecified atom stereocenters. The number of esters is 1. The Morgan fingerprint density at radius 3 is 2.45 bits per heavy atom. The first kappa shape index (κ1) is 18.6. The van der Waals surface area contributed by atoms with Gasteiger partial charge < -0.3 is 9.84 Å². The van der Waals surface area contributed by atoms with Crippen LogP contribution in [0.3, 0.4) is 0 Å². The maximum Gasteiger partial charge on any atom is 0.330 e. The highest BCUT2D eigenvalue weighted by Gasteiger charge is 2.62. The highest BCUT2D eigenvalue weighted by atomic mass is 32.2. The summed E-state index contributed by atoms with van der Waals surface area (Å²) in [5.74, 6) is -0.641. The van der Waals surface area contributed by atoms with Gasteiger partial charge in [-0.1, -0.05) is 27.4 Å². The van der Waals surface area contributed by atoms with Crippen LogP contribution in [0.1, 0.15) is 40.0 Å². The van der Waals surface area contributed by atoms with Crippen LogP contribution in [-0.2, 0) is 14.3 Å². The predicted octanol–water partition coefficient (Wildman–Crippen LogP) is 3.22. The number of rotatable bonds is 4. The van der Waals surface area contributed by atoms with Gasteiger partial charge in [-0.15, -0.1) is 0 Å². The van der Waals surface area contributed by atoms with Gasteiger partial charge in [-0.3, -0.25) is 4.79 Å². The number of carboxylic acid groups (broad SMARTS) is 1. The molecule has 0 aromatic carbocycles. The molecule has 2 rings (SSSR count). The minimum Gasteiger partial charge on any atom is -0.481 e. The molecule has 3 atom stereocenters. The summed E-state index contributed by atoms with van der Waals surface area (Å²) in [5.41, 5.74) is 0.468. The number of hydrogen-bond acceptors (Lipinski definition) is 5. The van der Waals surface area contributed by atoms with Crippen molar-refractivity contribution in [1.29, 1.82) is 5.26 Å². The van der Waals surface area contributed by atoms with Crippen molar-refractivity contribution in [3.05, 3.63) is 12.7 Å². The van der Waals surface area contributed by atoms with E-state index in [1.165, 1.54) is 18.9 Å². The molecule has 1 N–H and O–H groups in total. The zero-order valence-electron chi connectivity index (χ0n) is 13.3. The van der Waals surface area contributed by atoms with Gasteiger partial charge in [0.1, 0.15) is 17.3 Å². The van der Waals surface area contributed by atoms with Gasteiger partial charge in [0, 0.05) is 11.5 Å². The lowest BCUT2D eigenvalue weighted by Gasteiger charge is -2.38. The van der Waals surface area contributed by atoms with Crippen molar-refractivity contribution in [1.82, 2.24) is 0 Å². The number of carbonyl (C=O) groups excluding carboxylic acids is 1. The summed E-state index contributed by atoms with van der Waals surface area (Å²) in [6.45, 7) is 10.3. The van der Waals surface area contributed by atoms with E-state index in [2.05, 4.69) is 27.4 Å². The van der Waals surface area contributed by atoms with Crippen molar-refractivity contribution in [3.63, 3.8) is 0 Å². The fourth-order valence-electron chi connectivity index (χ4n) is 3.59. The van der Waals surface area contributed by atoms with Crippen molar-refractivity contribution in [2.24, 2.45) is 16.7 Å². The number of hydrogen-bond donors (Lipinski definition) is 1. The molecule has 2 aliphatic rings. The van der Waals surface area contributed by atoms with E-state index in [4.69, 9.17) is 15.1 Å². The first-order valence-corrected chi connectivity index (χ1v) is 8.23. The second kappa shape index (κ2) is 7.19. The number of fused-ring (bicyclic) bond motifs is 2. The van der Waals surface area contributed by atoms with E-state index in [-0.39, 0.29) is 23.2 Å². The van der Waals surface area contributed by atoms with E-state index in [1.54, 1.807) is 5.40 Å². The molecule has 2 aliphatic carbocycles. The molecule has 2 saturated carbocycles. The van der Waals surface area contributed by atoms with Crippen molar-refractivity contribution >= 4 is 23.7 Å². The van der Waals surface area contributed by atoms with Crippen LogP contribution in [0.25, 0.3) is 0 Å². The van der Waals surface area contributed by atoms with Gasteiger partial charge in [-0.2, -0.15) is 5.26 Å². The minimum absolute atomic E-state index is 0.0942. The van der Waals surface area contributed by atoms with Crippen LogP contribution in [0.5, 0.6) is 0 Å². The molecule has 0 saturated heterocycles. The number of carboxylic acids is 1. The van der Waals surface area contributed by atoms with Crippen LogP contribution in [0.15, 0.2) is 12.7 Å². The van der Waals surface area contributed by atoms with E-state index < -0.39 is 5.97 Å². The summed E-state index contributed by atoms with van der Waals surface area (Å²) in [4.78, 5) is 20.8. The molecule has 0 aromatic rings. The summed E-state index contributed by atoms with van der Waals surface area (Å²) in [6.07, 6.45) is 4.85. The predicted molar refractivity (Wildman–Crippen MR) is 85.0 cm³/mol. The number of thioether (sulfide) groups is 1. The van der Waals surface area contributed by atoms with E-state index in [1.807, 2.05) is 0 Å². The molecule has 0 spiro atoms. The average molecular weight is 325 g/mol. The number of ether oxygens (including phenoxy) is 1. The molecular weight excluding hydrogens is 302 g/mol. The number of nitrogens with zero attached hydrogens (tertiary/aromatic N) is 1. The third-order valence-electron chi connectivity index (χ3n) is 5.40. The number of nitriles is 1. The van der Waals surface area contributed by atoms with Gasteiger partial charge in [0.25, 0.3) is 0 Å². The molecule has 0 aliphatic heterocycles. The van der Waals surface area contributed by atoms with Crippen LogP contribution in [0.4, 0.5) is 0 Å². The summed E-state index contributed by atoms with van der Waals surface area (Å²) < 4.78 is 5.48. The van der Waals surface area contributed by atoms with Gasteiger partial charge in [-0.05, 0) is 42.4 Å². The third-order valence-corrected chi connectivity index (χ3v) is 5.92. The molecule has 2 bridgehead atoms. The molecular formula is C16H23NO4S. The van der Waals surface area contributed by atoms with Crippen LogP contribution in [-0.4, -0.2) is 28.9 Å². The lowest BCUT2D eigenvalue weighted by molar-refractivity contribution is -0.150. The minimum atomic E-state index is -0.952. The van der Waals surface area contributed by atoms with Crippen molar-refractivity contribution in [2.75, 3.05) is 5.75 Å². The standard InChI is InChI=1S/C13H20O2.C3H3NO2S/c1-5-11(14)15-10-8-9-6-7-13(10,4)12(9,2)3;4-2-7-1-3(5)6/h5,9-10H,1,6-8H2,2-4H3;1H2,(H,5,6)/t9-,10?,13-;/m1./s1. The molecule has 5 nitrogen and oxygen atoms in total. The summed E-state index contributed by atoms with van der Waals surface area (Å²) in [6, 6.07) is 0. The Hall–Kier alpha value is -1.48. The van der Waals surface area contributed by atoms with Gasteiger partial charge in [0.05, 0.1) is 0 Å². The number of aliphatic carboxylic acids is 1. The van der Waals surface area contributed by atoms with Crippen LogP contribution in [0, 0.1) is 27.4 Å². The second-order valence-corrected chi connectivity index (χ2v) is 7.27. The molecule has 0 heterocycles. The van der Waals surface area contributed by atoms with Crippen molar-refractivity contribution in [3.8, 4) is 5.40 Å². The Morgan fingerprint density at radius 2 is 2.14 bits per heavy atom. The summed E-state index contributed by atoms with van der Waals surface area (Å²) >= 11 is 0.722. The molecule has 0 amide bonds. The zero-order valence-corrected chi connectivity index (χ0v) is 14.1. The second-order valence-electron chi connectivity index (χ2n) is 6.51. The summed E-state index contributed by atoms with van der Waals surface area (Å²) in [5, 5.41) is 17.3. The maximum absolute atomic E-state index is 11.3. The molecule has 122 valence electrons. The maximum atomic E-state index is 11.3.